The summed E-state index contributed by atoms with van der Waals surface area (Å²) >= 11 is 5.77. The molecule has 17 heavy (non-hydrogen) atoms. The van der Waals surface area contributed by atoms with Crippen molar-refractivity contribution in [3.63, 3.8) is 0 Å². The lowest BCUT2D eigenvalue weighted by Crippen LogP contribution is -2.26. The standard InChI is InChI=1S/C13H19NOS2/c1-10(2)17-12-5-3-11(4-6-12)7-8-14-13(15)9-16/h3-6,10,16H,7-9H2,1-2H3,(H,14,15). The first-order valence-corrected chi connectivity index (χ1v) is 7.26. The molecule has 0 saturated heterocycles. The van der Waals surface area contributed by atoms with Crippen molar-refractivity contribution in [3.05, 3.63) is 29.8 Å². The number of amides is 1. The maximum Gasteiger partial charge on any atom is 0.229 e. The van der Waals surface area contributed by atoms with Crippen LogP contribution in [-0.2, 0) is 11.2 Å². The third-order valence-electron chi connectivity index (χ3n) is 2.17. The zero-order valence-corrected chi connectivity index (χ0v) is 12.0. The smallest absolute Gasteiger partial charge is 0.229 e. The van der Waals surface area contributed by atoms with Crippen molar-refractivity contribution in [3.8, 4) is 0 Å². The fourth-order valence-electron chi connectivity index (χ4n) is 1.41. The van der Waals surface area contributed by atoms with E-state index in [1.54, 1.807) is 0 Å². The summed E-state index contributed by atoms with van der Waals surface area (Å²) in [4.78, 5) is 12.3. The molecule has 0 atom stereocenters. The van der Waals surface area contributed by atoms with Gasteiger partial charge in [0.15, 0.2) is 0 Å². The average molecular weight is 269 g/mol. The topological polar surface area (TPSA) is 29.1 Å². The van der Waals surface area contributed by atoms with Crippen LogP contribution in [-0.4, -0.2) is 23.5 Å². The summed E-state index contributed by atoms with van der Waals surface area (Å²) in [5.74, 6) is 0.240. The first-order valence-electron chi connectivity index (χ1n) is 5.75. The molecule has 4 heteroatoms. The van der Waals surface area contributed by atoms with Gasteiger partial charge in [0, 0.05) is 16.7 Å². The van der Waals surface area contributed by atoms with E-state index in [2.05, 4.69) is 56.1 Å². The van der Waals surface area contributed by atoms with E-state index < -0.39 is 0 Å². The molecule has 0 aliphatic rings. The van der Waals surface area contributed by atoms with Crippen molar-refractivity contribution >= 4 is 30.3 Å². The molecule has 1 aromatic carbocycles. The zero-order valence-electron chi connectivity index (χ0n) is 10.3. The van der Waals surface area contributed by atoms with Gasteiger partial charge in [0.25, 0.3) is 0 Å². The Morgan fingerprint density at radius 2 is 2.00 bits per heavy atom. The Hall–Kier alpha value is -0.610. The summed E-state index contributed by atoms with van der Waals surface area (Å²) in [6, 6.07) is 8.52. The number of carbonyl (C=O) groups excluding carboxylic acids is 1. The Morgan fingerprint density at radius 1 is 1.35 bits per heavy atom. The molecule has 0 bridgehead atoms. The molecule has 1 aromatic rings. The number of hydrogen-bond donors (Lipinski definition) is 2. The van der Waals surface area contributed by atoms with Gasteiger partial charge in [0.1, 0.15) is 0 Å². The molecule has 2 nitrogen and oxygen atoms in total. The predicted molar refractivity (Wildman–Crippen MR) is 78.0 cm³/mol. The van der Waals surface area contributed by atoms with Crippen LogP contribution in [0, 0.1) is 0 Å². The minimum Gasteiger partial charge on any atom is -0.355 e. The second kappa shape index (κ2) is 7.67. The average Bonchev–Trinajstić information content (AvgIpc) is 2.30. The maximum atomic E-state index is 11.0. The zero-order chi connectivity index (χ0) is 12.7. The third kappa shape index (κ3) is 6.03. The summed E-state index contributed by atoms with van der Waals surface area (Å²) in [7, 11) is 0. The largest absolute Gasteiger partial charge is 0.355 e. The molecule has 0 heterocycles. The Bertz CT molecular complexity index is 349. The van der Waals surface area contributed by atoms with Gasteiger partial charge >= 0.3 is 0 Å². The monoisotopic (exact) mass is 269 g/mol. The van der Waals surface area contributed by atoms with Gasteiger partial charge in [-0.3, -0.25) is 4.79 Å². The Morgan fingerprint density at radius 3 is 2.53 bits per heavy atom. The molecule has 0 unspecified atom stereocenters. The van der Waals surface area contributed by atoms with Crippen molar-refractivity contribution in [2.45, 2.75) is 30.4 Å². The normalized spacial score (nSPS) is 10.6. The van der Waals surface area contributed by atoms with E-state index in [9.17, 15) is 4.79 Å². The fourth-order valence-corrected chi connectivity index (χ4v) is 2.36. The van der Waals surface area contributed by atoms with Crippen LogP contribution in [0.15, 0.2) is 29.2 Å². The highest BCUT2D eigenvalue weighted by molar-refractivity contribution is 7.99. The highest BCUT2D eigenvalue weighted by atomic mass is 32.2. The van der Waals surface area contributed by atoms with Gasteiger partial charge < -0.3 is 5.32 Å². The molecule has 0 aromatic heterocycles. The summed E-state index contributed by atoms with van der Waals surface area (Å²) in [6.07, 6.45) is 0.867. The highest BCUT2D eigenvalue weighted by Crippen LogP contribution is 2.22. The van der Waals surface area contributed by atoms with Gasteiger partial charge in [-0.25, -0.2) is 0 Å². The Balaban J connectivity index is 2.37. The van der Waals surface area contributed by atoms with E-state index in [0.29, 0.717) is 11.8 Å². The second-order valence-electron chi connectivity index (χ2n) is 4.07. The van der Waals surface area contributed by atoms with Crippen molar-refractivity contribution in [2.24, 2.45) is 0 Å². The van der Waals surface area contributed by atoms with Crippen LogP contribution >= 0.6 is 24.4 Å². The number of thioether (sulfide) groups is 1. The number of nitrogens with one attached hydrogen (secondary N) is 1. The van der Waals surface area contributed by atoms with E-state index >= 15 is 0 Å². The fraction of sp³-hybridized carbons (Fsp3) is 0.462. The van der Waals surface area contributed by atoms with Crippen LogP contribution in [0.3, 0.4) is 0 Å². The van der Waals surface area contributed by atoms with E-state index in [-0.39, 0.29) is 11.7 Å². The van der Waals surface area contributed by atoms with Gasteiger partial charge in [0.2, 0.25) is 5.91 Å². The number of rotatable bonds is 6. The summed E-state index contributed by atoms with van der Waals surface area (Å²) in [5.41, 5.74) is 1.25. The maximum absolute atomic E-state index is 11.0. The number of benzene rings is 1. The lowest BCUT2D eigenvalue weighted by atomic mass is 10.1. The van der Waals surface area contributed by atoms with Gasteiger partial charge in [0.05, 0.1) is 5.75 Å². The quantitative estimate of drug-likeness (QED) is 0.614. The van der Waals surface area contributed by atoms with Crippen molar-refractivity contribution in [2.75, 3.05) is 12.3 Å². The van der Waals surface area contributed by atoms with Gasteiger partial charge in [-0.2, -0.15) is 12.6 Å². The molecule has 1 amide bonds. The number of hydrogen-bond acceptors (Lipinski definition) is 3. The molecule has 0 fully saturated rings. The van der Waals surface area contributed by atoms with Crippen LogP contribution in [0.1, 0.15) is 19.4 Å². The van der Waals surface area contributed by atoms with Crippen molar-refractivity contribution in [1.82, 2.24) is 5.32 Å². The first-order chi connectivity index (χ1) is 8.11. The van der Waals surface area contributed by atoms with Gasteiger partial charge in [-0.15, -0.1) is 11.8 Å². The van der Waals surface area contributed by atoms with Gasteiger partial charge in [-0.05, 0) is 24.1 Å². The summed E-state index contributed by atoms with van der Waals surface area (Å²) < 4.78 is 0. The predicted octanol–water partition coefficient (Wildman–Crippen LogP) is 2.78. The molecular formula is C13H19NOS2. The number of thiol groups is 1. The Kier molecular flexibility index (Phi) is 6.52. The van der Waals surface area contributed by atoms with Crippen molar-refractivity contribution < 1.29 is 4.79 Å². The second-order valence-corrected chi connectivity index (χ2v) is 6.03. The van der Waals surface area contributed by atoms with E-state index in [1.807, 2.05) is 11.8 Å². The lowest BCUT2D eigenvalue weighted by molar-refractivity contribution is -0.118. The molecule has 0 aliphatic carbocycles. The molecule has 0 radical (unpaired) electrons. The third-order valence-corrected chi connectivity index (χ3v) is 3.48. The molecule has 1 rings (SSSR count). The van der Waals surface area contributed by atoms with Crippen molar-refractivity contribution in [1.29, 1.82) is 0 Å². The van der Waals surface area contributed by atoms with Gasteiger partial charge in [-0.1, -0.05) is 26.0 Å². The molecule has 0 aliphatic heterocycles. The minimum atomic E-state index is -0.0136. The first kappa shape index (κ1) is 14.5. The number of carbonyl (C=O) groups is 1. The van der Waals surface area contributed by atoms with Crippen LogP contribution in [0.4, 0.5) is 0 Å². The molecule has 1 N–H and O–H groups in total. The van der Waals surface area contributed by atoms with E-state index in [4.69, 9.17) is 0 Å². The minimum absolute atomic E-state index is 0.0136. The Labute approximate surface area is 113 Å². The van der Waals surface area contributed by atoms with E-state index in [1.165, 1.54) is 10.5 Å². The molecule has 94 valence electrons. The molecule has 0 spiro atoms. The summed E-state index contributed by atoms with van der Waals surface area (Å²) in [5, 5.41) is 3.41. The van der Waals surface area contributed by atoms with Crippen LogP contribution in [0.25, 0.3) is 0 Å². The summed E-state index contributed by atoms with van der Waals surface area (Å²) in [6.45, 7) is 5.05. The molecule has 0 saturated carbocycles. The van der Waals surface area contributed by atoms with E-state index in [0.717, 1.165) is 6.42 Å². The SMILES string of the molecule is CC(C)Sc1ccc(CCNC(=O)CS)cc1. The van der Waals surface area contributed by atoms with Crippen LogP contribution in [0.2, 0.25) is 0 Å². The highest BCUT2D eigenvalue weighted by Gasteiger charge is 2.00. The molecular weight excluding hydrogens is 250 g/mol. The van der Waals surface area contributed by atoms with Crippen LogP contribution < -0.4 is 5.32 Å². The van der Waals surface area contributed by atoms with Crippen LogP contribution in [0.5, 0.6) is 0 Å². The lowest BCUT2D eigenvalue weighted by Gasteiger charge is -2.07.